The lowest BCUT2D eigenvalue weighted by Crippen LogP contribution is -2.24. The predicted octanol–water partition coefficient (Wildman–Crippen LogP) is 2.85. The molecule has 2 N–H and O–H groups in total. The largest absolute Gasteiger partial charge is 0.369 e. The van der Waals surface area contributed by atoms with Crippen LogP contribution in [0.15, 0.2) is 23.8 Å². The Kier molecular flexibility index (Phi) is 5.68. The van der Waals surface area contributed by atoms with E-state index in [1.165, 1.54) is 16.6 Å². The van der Waals surface area contributed by atoms with Gasteiger partial charge in [0.15, 0.2) is 0 Å². The Morgan fingerprint density at radius 3 is 2.81 bits per heavy atom. The maximum atomic E-state index is 12.0. The van der Waals surface area contributed by atoms with Gasteiger partial charge in [-0.3, -0.25) is 4.79 Å². The van der Waals surface area contributed by atoms with Crippen LogP contribution in [0, 0.1) is 0 Å². The lowest BCUT2D eigenvalue weighted by Gasteiger charge is -2.06. The van der Waals surface area contributed by atoms with Crippen LogP contribution in [0.2, 0.25) is 0 Å². The van der Waals surface area contributed by atoms with Crippen molar-refractivity contribution in [3.63, 3.8) is 0 Å². The lowest BCUT2D eigenvalue weighted by molar-refractivity contribution is 0.0946. The lowest BCUT2D eigenvalue weighted by atomic mass is 10.2. The second-order valence-electron chi connectivity index (χ2n) is 4.62. The fraction of sp³-hybridized carbons (Fsp3) is 0.400. The van der Waals surface area contributed by atoms with Crippen LogP contribution in [0.25, 0.3) is 0 Å². The molecule has 2 rings (SSSR count). The molecule has 0 saturated carbocycles. The van der Waals surface area contributed by atoms with Crippen LogP contribution in [-0.4, -0.2) is 22.4 Å². The van der Waals surface area contributed by atoms with Crippen molar-refractivity contribution in [2.45, 2.75) is 33.2 Å². The molecule has 0 unspecified atom stereocenters. The number of carbonyl (C=O) groups excluding carboxylic acids is 1. The maximum absolute atomic E-state index is 12.0. The van der Waals surface area contributed by atoms with E-state index in [4.69, 9.17) is 0 Å². The number of thiophene rings is 1. The Morgan fingerprint density at radius 2 is 2.14 bits per heavy atom. The van der Waals surface area contributed by atoms with Crippen molar-refractivity contribution in [1.82, 2.24) is 15.3 Å². The van der Waals surface area contributed by atoms with Crippen molar-refractivity contribution < 1.29 is 4.79 Å². The van der Waals surface area contributed by atoms with Gasteiger partial charge in [0.25, 0.3) is 5.91 Å². The summed E-state index contributed by atoms with van der Waals surface area (Å²) in [7, 11) is 0. The van der Waals surface area contributed by atoms with Gasteiger partial charge in [-0.25, -0.2) is 9.97 Å². The fourth-order valence-electron chi connectivity index (χ4n) is 1.88. The number of aryl methyl sites for hydroxylation is 1. The van der Waals surface area contributed by atoms with E-state index in [1.807, 2.05) is 5.38 Å². The molecular weight excluding hydrogens is 284 g/mol. The Bertz CT molecular complexity index is 580. The molecule has 2 aromatic heterocycles. The van der Waals surface area contributed by atoms with Gasteiger partial charge in [0.1, 0.15) is 11.5 Å². The number of hydrogen-bond acceptors (Lipinski definition) is 5. The number of nitrogens with zero attached hydrogens (tertiary/aromatic N) is 2. The van der Waals surface area contributed by atoms with E-state index in [0.717, 1.165) is 19.4 Å². The first-order valence-electron chi connectivity index (χ1n) is 7.14. The van der Waals surface area contributed by atoms with E-state index >= 15 is 0 Å². The monoisotopic (exact) mass is 304 g/mol. The van der Waals surface area contributed by atoms with Crippen LogP contribution in [0.5, 0.6) is 0 Å². The molecule has 0 radical (unpaired) electrons. The minimum atomic E-state index is -0.194. The van der Waals surface area contributed by atoms with E-state index in [1.54, 1.807) is 17.5 Å². The van der Waals surface area contributed by atoms with Crippen LogP contribution >= 0.6 is 11.3 Å². The first-order valence-corrected chi connectivity index (χ1v) is 8.02. The Labute approximate surface area is 128 Å². The van der Waals surface area contributed by atoms with Crippen LogP contribution < -0.4 is 10.6 Å². The van der Waals surface area contributed by atoms with E-state index in [2.05, 4.69) is 40.5 Å². The smallest absolute Gasteiger partial charge is 0.271 e. The number of hydrogen-bond donors (Lipinski definition) is 2. The third kappa shape index (κ3) is 4.26. The quantitative estimate of drug-likeness (QED) is 0.825. The summed E-state index contributed by atoms with van der Waals surface area (Å²) in [6.45, 7) is 5.58. The molecule has 0 aromatic carbocycles. The molecule has 0 aliphatic carbocycles. The molecule has 0 saturated heterocycles. The highest BCUT2D eigenvalue weighted by Gasteiger charge is 2.09. The van der Waals surface area contributed by atoms with Crippen molar-refractivity contribution in [2.24, 2.45) is 0 Å². The molecule has 2 heterocycles. The highest BCUT2D eigenvalue weighted by atomic mass is 32.1. The molecule has 0 aliphatic heterocycles. The Morgan fingerprint density at radius 1 is 1.29 bits per heavy atom. The van der Waals surface area contributed by atoms with Gasteiger partial charge in [0, 0.05) is 11.4 Å². The van der Waals surface area contributed by atoms with E-state index in [0.29, 0.717) is 18.1 Å². The molecule has 112 valence electrons. The second-order valence-corrected chi connectivity index (χ2v) is 5.62. The molecular formula is C15H20N4OS. The molecule has 0 fully saturated rings. The van der Waals surface area contributed by atoms with Crippen LogP contribution in [0.3, 0.4) is 0 Å². The molecule has 5 nitrogen and oxygen atoms in total. The van der Waals surface area contributed by atoms with Crippen LogP contribution in [-0.2, 0) is 13.0 Å². The normalized spacial score (nSPS) is 10.4. The Balaban J connectivity index is 1.91. The minimum Gasteiger partial charge on any atom is -0.369 e. The molecule has 6 heteroatoms. The van der Waals surface area contributed by atoms with Gasteiger partial charge >= 0.3 is 0 Å². The van der Waals surface area contributed by atoms with Gasteiger partial charge in [-0.15, -0.1) is 11.3 Å². The maximum Gasteiger partial charge on any atom is 0.271 e. The highest BCUT2D eigenvalue weighted by Crippen LogP contribution is 2.17. The van der Waals surface area contributed by atoms with Gasteiger partial charge in [0.2, 0.25) is 0 Å². The predicted molar refractivity (Wildman–Crippen MR) is 85.7 cm³/mol. The summed E-state index contributed by atoms with van der Waals surface area (Å²) in [5.41, 5.74) is 1.62. The van der Waals surface area contributed by atoms with E-state index in [-0.39, 0.29) is 5.91 Å². The summed E-state index contributed by atoms with van der Waals surface area (Å²) < 4.78 is 0. The Hall–Kier alpha value is -1.95. The average Bonchev–Trinajstić information content (AvgIpc) is 2.98. The van der Waals surface area contributed by atoms with Crippen LogP contribution in [0.4, 0.5) is 5.82 Å². The number of rotatable bonds is 7. The van der Waals surface area contributed by atoms with Crippen molar-refractivity contribution in [3.05, 3.63) is 40.0 Å². The summed E-state index contributed by atoms with van der Waals surface area (Å²) in [4.78, 5) is 21.6. The summed E-state index contributed by atoms with van der Waals surface area (Å²) in [5.74, 6) is 0.500. The molecule has 0 aliphatic rings. The van der Waals surface area contributed by atoms with Crippen molar-refractivity contribution in [2.75, 3.05) is 11.9 Å². The summed E-state index contributed by atoms with van der Waals surface area (Å²) in [6, 6.07) is 2.10. The number of aromatic nitrogens is 2. The minimum absolute atomic E-state index is 0.194. The number of carbonyl (C=O) groups is 1. The second kappa shape index (κ2) is 7.73. The highest BCUT2D eigenvalue weighted by molar-refractivity contribution is 7.10. The zero-order valence-electron chi connectivity index (χ0n) is 12.3. The van der Waals surface area contributed by atoms with Crippen molar-refractivity contribution >= 4 is 23.1 Å². The number of amides is 1. The van der Waals surface area contributed by atoms with Gasteiger partial charge in [-0.05, 0) is 29.9 Å². The molecule has 2 aromatic rings. The summed E-state index contributed by atoms with van der Waals surface area (Å²) >= 11 is 1.66. The molecule has 0 atom stereocenters. The zero-order valence-corrected chi connectivity index (χ0v) is 13.2. The summed E-state index contributed by atoms with van der Waals surface area (Å²) in [6.07, 6.45) is 5.09. The third-order valence-corrected chi connectivity index (χ3v) is 4.03. The van der Waals surface area contributed by atoms with Crippen molar-refractivity contribution in [1.29, 1.82) is 0 Å². The molecule has 0 spiro atoms. The van der Waals surface area contributed by atoms with Gasteiger partial charge in [-0.1, -0.05) is 13.8 Å². The third-order valence-electron chi connectivity index (χ3n) is 3.07. The topological polar surface area (TPSA) is 66.9 Å². The first-order chi connectivity index (χ1) is 10.2. The number of anilines is 1. The summed E-state index contributed by atoms with van der Waals surface area (Å²) in [5, 5.41) is 8.06. The molecule has 0 bridgehead atoms. The van der Waals surface area contributed by atoms with Crippen molar-refractivity contribution in [3.8, 4) is 0 Å². The fourth-order valence-corrected chi connectivity index (χ4v) is 2.79. The molecule has 1 amide bonds. The SMILES string of the molecule is CCCNc1cnc(C(=O)NCc2sccc2CC)cn1. The average molecular weight is 304 g/mol. The van der Waals surface area contributed by atoms with E-state index < -0.39 is 0 Å². The van der Waals surface area contributed by atoms with E-state index in [9.17, 15) is 4.79 Å². The first kappa shape index (κ1) is 15.4. The zero-order chi connectivity index (χ0) is 15.1. The van der Waals surface area contributed by atoms with Crippen LogP contribution in [0.1, 0.15) is 41.2 Å². The van der Waals surface area contributed by atoms with Gasteiger partial charge in [-0.2, -0.15) is 0 Å². The number of nitrogens with one attached hydrogen (secondary N) is 2. The van der Waals surface area contributed by atoms with Gasteiger partial charge in [0.05, 0.1) is 18.9 Å². The van der Waals surface area contributed by atoms with Gasteiger partial charge < -0.3 is 10.6 Å². The molecule has 21 heavy (non-hydrogen) atoms. The standard InChI is InChI=1S/C15H20N4OS/c1-3-6-16-14-10-17-12(8-18-14)15(20)19-9-13-11(4-2)5-7-21-13/h5,7-8,10H,3-4,6,9H2,1-2H3,(H,16,18)(H,19,20).